The average Bonchev–Trinajstić information content (AvgIpc) is 2.82. The molecule has 6 heteroatoms. The van der Waals surface area contributed by atoms with Gasteiger partial charge in [-0.05, 0) is 30.2 Å². The van der Waals surface area contributed by atoms with Gasteiger partial charge in [-0.2, -0.15) is 0 Å². The predicted molar refractivity (Wildman–Crippen MR) is 128 cm³/mol. The fourth-order valence-corrected chi connectivity index (χ4v) is 4.00. The maximum atomic E-state index is 13.5. The van der Waals surface area contributed by atoms with E-state index in [1.807, 2.05) is 60.7 Å². The lowest BCUT2D eigenvalue weighted by Gasteiger charge is -2.22. The number of benzene rings is 3. The quantitative estimate of drug-likeness (QED) is 0.372. The summed E-state index contributed by atoms with van der Waals surface area (Å²) in [6.45, 7) is 1.34. The number of hydrogen-bond donors (Lipinski definition) is 0. The normalized spacial score (nSPS) is 11.0. The van der Waals surface area contributed by atoms with Crippen molar-refractivity contribution >= 4 is 21.7 Å². The van der Waals surface area contributed by atoms with Crippen LogP contribution in [-0.2, 0) is 6.54 Å². The number of carbonyl (C=O) groups excluding carboxylic acids is 1. The summed E-state index contributed by atoms with van der Waals surface area (Å²) in [5.74, 6) is -0.301. The largest absolute Gasteiger partial charge is 0.332 e. The van der Waals surface area contributed by atoms with Gasteiger partial charge < -0.3 is 0 Å². The second-order valence-electron chi connectivity index (χ2n) is 7.55. The summed E-state index contributed by atoms with van der Waals surface area (Å²) in [5, 5.41) is 0. The highest BCUT2D eigenvalue weighted by atomic mass is 79.9. The third-order valence-corrected chi connectivity index (χ3v) is 5.87. The van der Waals surface area contributed by atoms with Crippen LogP contribution in [0.2, 0.25) is 0 Å². The van der Waals surface area contributed by atoms with Crippen molar-refractivity contribution < 1.29 is 4.79 Å². The first-order valence-corrected chi connectivity index (χ1v) is 11.0. The van der Waals surface area contributed by atoms with Gasteiger partial charge in [-0.25, -0.2) is 4.79 Å². The van der Waals surface area contributed by atoms with E-state index in [2.05, 4.69) is 15.9 Å². The smallest absolute Gasteiger partial charge is 0.292 e. The Labute approximate surface area is 193 Å². The third-order valence-electron chi connectivity index (χ3n) is 5.34. The van der Waals surface area contributed by atoms with Gasteiger partial charge in [0.1, 0.15) is 0 Å². The van der Waals surface area contributed by atoms with Gasteiger partial charge in [0, 0.05) is 21.8 Å². The second-order valence-corrected chi connectivity index (χ2v) is 8.46. The first-order chi connectivity index (χ1) is 15.5. The Kier molecular flexibility index (Phi) is 6.32. The number of ketones is 1. The molecule has 0 aliphatic carbocycles. The maximum Gasteiger partial charge on any atom is 0.332 e. The van der Waals surface area contributed by atoms with Crippen molar-refractivity contribution in [3.8, 4) is 0 Å². The van der Waals surface area contributed by atoms with Crippen LogP contribution in [0.25, 0.3) is 0 Å². The van der Waals surface area contributed by atoms with E-state index in [1.54, 1.807) is 37.4 Å². The van der Waals surface area contributed by atoms with Crippen molar-refractivity contribution in [1.29, 1.82) is 0 Å². The first-order valence-electron chi connectivity index (χ1n) is 10.2. The summed E-state index contributed by atoms with van der Waals surface area (Å²) < 4.78 is 3.41. The molecule has 1 aromatic heterocycles. The first kappa shape index (κ1) is 21.7. The Morgan fingerprint density at radius 2 is 1.38 bits per heavy atom. The van der Waals surface area contributed by atoms with Crippen LogP contribution in [0.4, 0.5) is 0 Å². The Morgan fingerprint density at radius 1 is 0.844 bits per heavy atom. The minimum atomic E-state index is -0.524. The van der Waals surface area contributed by atoms with Gasteiger partial charge in [0.05, 0.1) is 12.6 Å². The van der Waals surface area contributed by atoms with Gasteiger partial charge in [-0.3, -0.25) is 18.7 Å². The Morgan fingerprint density at radius 3 is 1.91 bits per heavy atom. The molecule has 0 spiro atoms. The Hall–Kier alpha value is -3.51. The summed E-state index contributed by atoms with van der Waals surface area (Å²) in [7, 11) is 0. The molecule has 0 amide bonds. The highest BCUT2D eigenvalue weighted by Crippen LogP contribution is 2.25. The molecule has 4 aromatic rings. The average molecular weight is 489 g/mol. The molecule has 0 N–H and O–H groups in total. The van der Waals surface area contributed by atoms with Crippen LogP contribution in [0.3, 0.4) is 0 Å². The fourth-order valence-electron chi connectivity index (χ4n) is 3.74. The number of aryl methyl sites for hydroxylation is 1. The molecule has 0 aliphatic rings. The molecular weight excluding hydrogens is 468 g/mol. The number of nitrogens with zero attached hydrogens (tertiary/aromatic N) is 2. The zero-order valence-corrected chi connectivity index (χ0v) is 19.0. The van der Waals surface area contributed by atoms with Gasteiger partial charge in [-0.1, -0.05) is 88.7 Å². The number of rotatable bonds is 6. The lowest BCUT2D eigenvalue weighted by molar-refractivity contribution is 0.0968. The molecule has 1 heterocycles. The highest BCUT2D eigenvalue weighted by molar-refractivity contribution is 9.10. The van der Waals surface area contributed by atoms with Crippen molar-refractivity contribution in [2.45, 2.75) is 19.5 Å². The zero-order valence-electron chi connectivity index (χ0n) is 17.4. The number of aromatic nitrogens is 2. The molecule has 0 bridgehead atoms. The van der Waals surface area contributed by atoms with E-state index in [4.69, 9.17) is 0 Å². The van der Waals surface area contributed by atoms with Crippen LogP contribution >= 0.6 is 15.9 Å². The van der Waals surface area contributed by atoms with E-state index in [0.29, 0.717) is 11.1 Å². The van der Waals surface area contributed by atoms with Crippen LogP contribution < -0.4 is 11.2 Å². The number of carbonyl (C=O) groups is 1. The monoisotopic (exact) mass is 488 g/mol. The molecule has 3 aromatic carbocycles. The van der Waals surface area contributed by atoms with E-state index in [-0.39, 0.29) is 12.3 Å². The van der Waals surface area contributed by atoms with Crippen molar-refractivity contribution in [3.05, 3.63) is 139 Å². The summed E-state index contributed by atoms with van der Waals surface area (Å²) >= 11 is 3.34. The minimum absolute atomic E-state index is 0.301. The number of Topliss-reactive ketones (excluding diaryl/α,β-unsaturated/α-hetero) is 1. The van der Waals surface area contributed by atoms with Crippen LogP contribution in [-0.4, -0.2) is 14.9 Å². The van der Waals surface area contributed by atoms with E-state index < -0.39 is 17.3 Å². The number of halogens is 1. The van der Waals surface area contributed by atoms with Gasteiger partial charge in [0.2, 0.25) is 0 Å². The van der Waals surface area contributed by atoms with Crippen LogP contribution in [0.1, 0.15) is 33.1 Å². The van der Waals surface area contributed by atoms with Crippen molar-refractivity contribution in [2.75, 3.05) is 0 Å². The molecule has 160 valence electrons. The molecule has 0 saturated heterocycles. The second kappa shape index (κ2) is 9.32. The van der Waals surface area contributed by atoms with E-state index in [1.165, 1.54) is 4.57 Å². The van der Waals surface area contributed by atoms with E-state index >= 15 is 0 Å². The molecule has 0 radical (unpaired) electrons. The molecular formula is C26H21BrN2O3. The lowest BCUT2D eigenvalue weighted by Crippen LogP contribution is -2.43. The molecule has 32 heavy (non-hydrogen) atoms. The van der Waals surface area contributed by atoms with Crippen LogP contribution in [0, 0.1) is 6.92 Å². The molecule has 0 atom stereocenters. The summed E-state index contributed by atoms with van der Waals surface area (Å²) in [4.78, 5) is 39.2. The van der Waals surface area contributed by atoms with Crippen LogP contribution in [0.15, 0.2) is 105 Å². The van der Waals surface area contributed by atoms with Crippen LogP contribution in [0.5, 0.6) is 0 Å². The molecule has 0 unspecified atom stereocenters. The molecule has 4 rings (SSSR count). The van der Waals surface area contributed by atoms with Crippen molar-refractivity contribution in [2.24, 2.45) is 0 Å². The SMILES string of the molecule is Cc1cn(C(c2ccccc2)c2ccccc2)c(=O)n(CC(=O)c2ccc(Br)cc2)c1=O. The molecule has 0 fully saturated rings. The Balaban J connectivity index is 1.85. The van der Waals surface area contributed by atoms with Gasteiger partial charge in [-0.15, -0.1) is 0 Å². The third kappa shape index (κ3) is 4.41. The summed E-state index contributed by atoms with van der Waals surface area (Å²) in [5.41, 5.74) is 1.66. The minimum Gasteiger partial charge on any atom is -0.292 e. The number of hydrogen-bond acceptors (Lipinski definition) is 3. The topological polar surface area (TPSA) is 61.1 Å². The molecule has 0 aliphatic heterocycles. The molecule has 5 nitrogen and oxygen atoms in total. The lowest BCUT2D eigenvalue weighted by atomic mass is 9.98. The summed E-state index contributed by atoms with van der Waals surface area (Å²) in [6.07, 6.45) is 1.58. The van der Waals surface area contributed by atoms with E-state index in [0.717, 1.165) is 20.2 Å². The van der Waals surface area contributed by atoms with Gasteiger partial charge >= 0.3 is 5.69 Å². The Bertz CT molecular complexity index is 1320. The highest BCUT2D eigenvalue weighted by Gasteiger charge is 2.21. The van der Waals surface area contributed by atoms with Crippen molar-refractivity contribution in [1.82, 2.24) is 9.13 Å². The maximum absolute atomic E-state index is 13.5. The standard InChI is InChI=1S/C26H21BrN2O3/c1-18-16-28(24(20-8-4-2-5-9-20)21-10-6-3-7-11-21)26(32)29(25(18)31)17-23(30)19-12-14-22(27)15-13-19/h2-16,24H,17H2,1H3. The fraction of sp³-hybridized carbons (Fsp3) is 0.115. The molecule has 0 saturated carbocycles. The van der Waals surface area contributed by atoms with Crippen molar-refractivity contribution in [3.63, 3.8) is 0 Å². The zero-order chi connectivity index (χ0) is 22.7. The van der Waals surface area contributed by atoms with Gasteiger partial charge in [0.25, 0.3) is 5.56 Å². The van der Waals surface area contributed by atoms with E-state index in [9.17, 15) is 14.4 Å². The predicted octanol–water partition coefficient (Wildman–Crippen LogP) is 4.60. The van der Waals surface area contributed by atoms with Gasteiger partial charge in [0.15, 0.2) is 5.78 Å². The summed E-state index contributed by atoms with van der Waals surface area (Å²) in [6, 6.07) is 25.7.